The standard InChI is InChI=1S/C9H11O/c1-8(10)7-9-5-3-2-4-6-9/h2-6,8H,7H2,1H3/q-1. The second-order valence-corrected chi connectivity index (χ2v) is 2.50. The summed E-state index contributed by atoms with van der Waals surface area (Å²) in [5.74, 6) is 0. The van der Waals surface area contributed by atoms with Crippen LogP contribution in [0.15, 0.2) is 30.3 Å². The van der Waals surface area contributed by atoms with E-state index in [1.807, 2.05) is 30.3 Å². The number of hydrogen-bond donors (Lipinski definition) is 0. The SMILES string of the molecule is CC([O-])Cc1ccccc1. The first-order valence-corrected chi connectivity index (χ1v) is 3.49. The molecule has 0 aliphatic heterocycles. The fourth-order valence-electron chi connectivity index (χ4n) is 0.946. The highest BCUT2D eigenvalue weighted by molar-refractivity contribution is 5.14. The average molecular weight is 135 g/mol. The molecule has 0 spiro atoms. The zero-order chi connectivity index (χ0) is 7.40. The summed E-state index contributed by atoms with van der Waals surface area (Å²) in [5, 5.41) is 10.7. The summed E-state index contributed by atoms with van der Waals surface area (Å²) < 4.78 is 0. The summed E-state index contributed by atoms with van der Waals surface area (Å²) in [5.41, 5.74) is 1.13. The van der Waals surface area contributed by atoms with Crippen LogP contribution < -0.4 is 5.11 Å². The molecule has 0 radical (unpaired) electrons. The second kappa shape index (κ2) is 3.37. The summed E-state index contributed by atoms with van der Waals surface area (Å²) in [6.45, 7) is 1.69. The number of benzene rings is 1. The van der Waals surface area contributed by atoms with Crippen LogP contribution in [0.1, 0.15) is 12.5 Å². The molecule has 0 aromatic heterocycles. The molecule has 54 valence electrons. The molecule has 0 aliphatic carbocycles. The van der Waals surface area contributed by atoms with Crippen LogP contribution in [0.3, 0.4) is 0 Å². The van der Waals surface area contributed by atoms with Gasteiger partial charge in [0.1, 0.15) is 0 Å². The van der Waals surface area contributed by atoms with Crippen LogP contribution >= 0.6 is 0 Å². The van der Waals surface area contributed by atoms with Crippen LogP contribution in [0.4, 0.5) is 0 Å². The maximum Gasteiger partial charge on any atom is -0.0407 e. The maximum atomic E-state index is 10.7. The van der Waals surface area contributed by atoms with Crippen molar-refractivity contribution in [2.24, 2.45) is 0 Å². The van der Waals surface area contributed by atoms with Crippen LogP contribution in [0, 0.1) is 0 Å². The van der Waals surface area contributed by atoms with Crippen molar-refractivity contribution in [3.63, 3.8) is 0 Å². The van der Waals surface area contributed by atoms with E-state index in [2.05, 4.69) is 0 Å². The zero-order valence-electron chi connectivity index (χ0n) is 6.08. The lowest BCUT2D eigenvalue weighted by Crippen LogP contribution is -2.22. The van der Waals surface area contributed by atoms with Crippen molar-refractivity contribution in [2.75, 3.05) is 0 Å². The molecule has 0 saturated heterocycles. The molecule has 10 heavy (non-hydrogen) atoms. The van der Waals surface area contributed by atoms with Crippen molar-refractivity contribution >= 4 is 0 Å². The van der Waals surface area contributed by atoms with Gasteiger partial charge in [0.15, 0.2) is 0 Å². The Bertz CT molecular complexity index is 179. The van der Waals surface area contributed by atoms with E-state index in [0.717, 1.165) is 5.56 Å². The normalized spacial score (nSPS) is 13.0. The second-order valence-electron chi connectivity index (χ2n) is 2.50. The summed E-state index contributed by atoms with van der Waals surface area (Å²) in [6, 6.07) is 9.83. The van der Waals surface area contributed by atoms with Gasteiger partial charge in [-0.05, 0) is 12.0 Å². The highest BCUT2D eigenvalue weighted by Crippen LogP contribution is 2.00. The molecule has 1 aromatic rings. The van der Waals surface area contributed by atoms with Gasteiger partial charge in [0, 0.05) is 0 Å². The molecular formula is C9H11O-. The van der Waals surface area contributed by atoms with Crippen molar-refractivity contribution in [1.82, 2.24) is 0 Å². The topological polar surface area (TPSA) is 23.1 Å². The third-order valence-electron chi connectivity index (χ3n) is 1.37. The van der Waals surface area contributed by atoms with Crippen LogP contribution in [-0.2, 0) is 6.42 Å². The first-order chi connectivity index (χ1) is 4.79. The van der Waals surface area contributed by atoms with E-state index in [1.54, 1.807) is 6.92 Å². The number of rotatable bonds is 2. The molecule has 1 rings (SSSR count). The van der Waals surface area contributed by atoms with E-state index in [4.69, 9.17) is 0 Å². The van der Waals surface area contributed by atoms with E-state index in [0.29, 0.717) is 6.42 Å². The van der Waals surface area contributed by atoms with Crippen LogP contribution in [0.2, 0.25) is 0 Å². The first kappa shape index (κ1) is 7.29. The van der Waals surface area contributed by atoms with E-state index in [-0.39, 0.29) is 0 Å². The summed E-state index contributed by atoms with van der Waals surface area (Å²) in [6.07, 6.45) is 0.156. The zero-order valence-corrected chi connectivity index (χ0v) is 6.08. The molecule has 0 heterocycles. The van der Waals surface area contributed by atoms with E-state index >= 15 is 0 Å². The van der Waals surface area contributed by atoms with Crippen LogP contribution in [0.25, 0.3) is 0 Å². The maximum absolute atomic E-state index is 10.7. The lowest BCUT2D eigenvalue weighted by Gasteiger charge is -2.14. The number of hydrogen-bond acceptors (Lipinski definition) is 1. The van der Waals surface area contributed by atoms with E-state index < -0.39 is 6.10 Å². The van der Waals surface area contributed by atoms with Gasteiger partial charge >= 0.3 is 0 Å². The largest absolute Gasteiger partial charge is 0.852 e. The highest BCUT2D eigenvalue weighted by Gasteiger charge is 1.88. The Balaban J connectivity index is 2.59. The Kier molecular flexibility index (Phi) is 2.46. The Morgan fingerprint density at radius 3 is 2.40 bits per heavy atom. The van der Waals surface area contributed by atoms with Gasteiger partial charge in [-0.2, -0.15) is 0 Å². The molecule has 0 fully saturated rings. The molecule has 0 amide bonds. The summed E-state index contributed by atoms with van der Waals surface area (Å²) >= 11 is 0. The van der Waals surface area contributed by atoms with Crippen molar-refractivity contribution in [2.45, 2.75) is 19.4 Å². The van der Waals surface area contributed by atoms with Gasteiger partial charge in [0.05, 0.1) is 0 Å². The van der Waals surface area contributed by atoms with Crippen LogP contribution in [0.5, 0.6) is 0 Å². The molecule has 0 bridgehead atoms. The predicted octanol–water partition coefficient (Wildman–Crippen LogP) is 0.978. The molecular weight excluding hydrogens is 124 g/mol. The summed E-state index contributed by atoms with van der Waals surface area (Å²) in [4.78, 5) is 0. The van der Waals surface area contributed by atoms with Crippen molar-refractivity contribution < 1.29 is 5.11 Å². The monoisotopic (exact) mass is 135 g/mol. The molecule has 1 nitrogen and oxygen atoms in total. The third-order valence-corrected chi connectivity index (χ3v) is 1.37. The Hall–Kier alpha value is -0.820. The Morgan fingerprint density at radius 1 is 1.30 bits per heavy atom. The van der Waals surface area contributed by atoms with E-state index in [1.165, 1.54) is 0 Å². The first-order valence-electron chi connectivity index (χ1n) is 3.49. The van der Waals surface area contributed by atoms with Gasteiger partial charge in [0.25, 0.3) is 0 Å². The molecule has 1 unspecified atom stereocenters. The Labute approximate surface area is 61.3 Å². The minimum absolute atomic E-state index is 0.484. The lowest BCUT2D eigenvalue weighted by atomic mass is 10.1. The molecule has 0 aliphatic rings. The predicted molar refractivity (Wildman–Crippen MR) is 39.6 cm³/mol. The minimum atomic E-state index is -0.484. The van der Waals surface area contributed by atoms with Crippen molar-refractivity contribution in [1.29, 1.82) is 0 Å². The fraction of sp³-hybridized carbons (Fsp3) is 0.333. The highest BCUT2D eigenvalue weighted by atomic mass is 16.3. The minimum Gasteiger partial charge on any atom is -0.852 e. The molecule has 0 saturated carbocycles. The molecule has 1 heteroatoms. The van der Waals surface area contributed by atoms with Gasteiger partial charge in [-0.3, -0.25) is 0 Å². The van der Waals surface area contributed by atoms with Gasteiger partial charge < -0.3 is 5.11 Å². The third kappa shape index (κ3) is 2.19. The van der Waals surface area contributed by atoms with Gasteiger partial charge in [-0.15, -0.1) is 6.10 Å². The average Bonchev–Trinajstić information content (AvgIpc) is 1.88. The van der Waals surface area contributed by atoms with Gasteiger partial charge in [-0.1, -0.05) is 37.3 Å². The van der Waals surface area contributed by atoms with Crippen molar-refractivity contribution in [3.8, 4) is 0 Å². The lowest BCUT2D eigenvalue weighted by molar-refractivity contribution is -0.413. The quantitative estimate of drug-likeness (QED) is 0.592. The van der Waals surface area contributed by atoms with Gasteiger partial charge in [-0.25, -0.2) is 0 Å². The van der Waals surface area contributed by atoms with E-state index in [9.17, 15) is 5.11 Å². The summed E-state index contributed by atoms with van der Waals surface area (Å²) in [7, 11) is 0. The molecule has 1 atom stereocenters. The van der Waals surface area contributed by atoms with Crippen molar-refractivity contribution in [3.05, 3.63) is 35.9 Å². The fourth-order valence-corrected chi connectivity index (χ4v) is 0.946. The molecule has 1 aromatic carbocycles. The molecule has 0 N–H and O–H groups in total. The van der Waals surface area contributed by atoms with Crippen LogP contribution in [-0.4, -0.2) is 6.10 Å². The Morgan fingerprint density at radius 2 is 1.90 bits per heavy atom. The smallest absolute Gasteiger partial charge is 0.0407 e. The van der Waals surface area contributed by atoms with Gasteiger partial charge in [0.2, 0.25) is 0 Å².